The van der Waals surface area contributed by atoms with Gasteiger partial charge in [0.15, 0.2) is 6.04 Å². The molecule has 3 aromatic rings. The maximum absolute atomic E-state index is 5.55. The van der Waals surface area contributed by atoms with Crippen LogP contribution >= 0.6 is 0 Å². The number of benzene rings is 2. The zero-order valence-electron chi connectivity index (χ0n) is 12.8. The molecule has 1 atom stereocenters. The first-order chi connectivity index (χ1) is 10.9. The number of para-hydroxylation sites is 1. The molecular weight excluding hydrogens is 272 g/mol. The third-order valence-corrected chi connectivity index (χ3v) is 4.50. The van der Waals surface area contributed by atoms with Gasteiger partial charge in [-0.25, -0.2) is 0 Å². The average Bonchev–Trinajstić information content (AvgIpc) is 2.95. The third-order valence-electron chi connectivity index (χ3n) is 4.50. The number of hydrogen-bond donors (Lipinski definition) is 2. The first-order valence-corrected chi connectivity index (χ1v) is 8.02. The van der Waals surface area contributed by atoms with E-state index in [4.69, 9.17) is 4.74 Å². The van der Waals surface area contributed by atoms with Gasteiger partial charge in [0.1, 0.15) is 5.75 Å². The Labute approximate surface area is 130 Å². The smallest absolute Gasteiger partial charge is 0.153 e. The molecule has 0 saturated carbocycles. The molecule has 22 heavy (non-hydrogen) atoms. The molecule has 3 N–H and O–H groups in total. The van der Waals surface area contributed by atoms with Crippen LogP contribution in [0.15, 0.2) is 48.5 Å². The largest absolute Gasteiger partial charge is 0.494 e. The lowest BCUT2D eigenvalue weighted by Gasteiger charge is -2.21. The normalized spacial score (nSPS) is 17.4. The number of nitrogens with two attached hydrogens (primary N) is 1. The van der Waals surface area contributed by atoms with Crippen LogP contribution in [0.25, 0.3) is 10.9 Å². The lowest BCUT2D eigenvalue weighted by atomic mass is 9.94. The lowest BCUT2D eigenvalue weighted by molar-refractivity contribution is -0.690. The molecular formula is C19H21N2O+. The second-order valence-electron chi connectivity index (χ2n) is 5.82. The number of rotatable bonds is 3. The highest BCUT2D eigenvalue weighted by Crippen LogP contribution is 2.31. The van der Waals surface area contributed by atoms with Gasteiger partial charge in [0.2, 0.25) is 0 Å². The average molecular weight is 293 g/mol. The number of H-pyrrole nitrogens is 1. The second-order valence-corrected chi connectivity index (χ2v) is 5.82. The minimum atomic E-state index is 0.354. The van der Waals surface area contributed by atoms with E-state index in [2.05, 4.69) is 58.8 Å². The fourth-order valence-electron chi connectivity index (χ4n) is 3.51. The Balaban J connectivity index is 1.75. The zero-order valence-corrected chi connectivity index (χ0v) is 12.8. The number of hydrogen-bond acceptors (Lipinski definition) is 1. The molecule has 0 unspecified atom stereocenters. The van der Waals surface area contributed by atoms with Crippen LogP contribution in [0.2, 0.25) is 0 Å². The Hall–Kier alpha value is -2.26. The highest BCUT2D eigenvalue weighted by Gasteiger charge is 2.28. The van der Waals surface area contributed by atoms with Crippen molar-refractivity contribution in [3.8, 4) is 5.75 Å². The molecule has 2 heterocycles. The Kier molecular flexibility index (Phi) is 3.35. The van der Waals surface area contributed by atoms with Gasteiger partial charge in [-0.2, -0.15) is 0 Å². The van der Waals surface area contributed by atoms with Crippen LogP contribution < -0.4 is 10.1 Å². The highest BCUT2D eigenvalue weighted by atomic mass is 16.5. The molecule has 4 rings (SSSR count). The SMILES string of the molecule is CCOc1ccc([C@H]2[NH2+]CCc3c2[nH]c2ccccc32)cc1. The van der Waals surface area contributed by atoms with Gasteiger partial charge in [0, 0.05) is 22.9 Å². The number of ether oxygens (including phenoxy) is 1. The van der Waals surface area contributed by atoms with Gasteiger partial charge in [0.25, 0.3) is 0 Å². The van der Waals surface area contributed by atoms with Crippen molar-refractivity contribution in [2.45, 2.75) is 19.4 Å². The summed E-state index contributed by atoms with van der Waals surface area (Å²) in [4.78, 5) is 3.64. The topological polar surface area (TPSA) is 41.6 Å². The summed E-state index contributed by atoms with van der Waals surface area (Å²) in [5.74, 6) is 0.943. The standard InChI is InChI=1S/C19H20N2O/c1-2-22-14-9-7-13(8-10-14)18-19-16(11-12-20-18)15-5-3-4-6-17(15)21-19/h3-10,18,20-21H,2,11-12H2,1H3/p+1/t18-/m1/s1. The molecule has 3 heteroatoms. The van der Waals surface area contributed by atoms with Crippen molar-refractivity contribution >= 4 is 10.9 Å². The summed E-state index contributed by atoms with van der Waals surface area (Å²) in [6, 6.07) is 17.5. The first-order valence-electron chi connectivity index (χ1n) is 8.02. The van der Waals surface area contributed by atoms with E-state index in [9.17, 15) is 0 Å². The molecule has 0 bridgehead atoms. The molecule has 112 valence electrons. The molecule has 0 fully saturated rings. The predicted octanol–water partition coefficient (Wildman–Crippen LogP) is 2.78. The predicted molar refractivity (Wildman–Crippen MR) is 88.2 cm³/mol. The third kappa shape index (κ3) is 2.18. The van der Waals surface area contributed by atoms with Crippen molar-refractivity contribution in [3.63, 3.8) is 0 Å². The maximum Gasteiger partial charge on any atom is 0.153 e. The molecule has 1 aliphatic rings. The van der Waals surface area contributed by atoms with Crippen LogP contribution in [0.3, 0.4) is 0 Å². The van der Waals surface area contributed by atoms with Crippen LogP contribution in [-0.2, 0) is 6.42 Å². The van der Waals surface area contributed by atoms with E-state index < -0.39 is 0 Å². The summed E-state index contributed by atoms with van der Waals surface area (Å²) in [6.45, 7) is 3.85. The summed E-state index contributed by atoms with van der Waals surface area (Å²) in [5.41, 5.74) is 5.42. The number of aromatic nitrogens is 1. The van der Waals surface area contributed by atoms with Crippen molar-refractivity contribution in [1.82, 2.24) is 4.98 Å². The summed E-state index contributed by atoms with van der Waals surface area (Å²) in [6.07, 6.45) is 1.13. The first kappa shape index (κ1) is 13.4. The summed E-state index contributed by atoms with van der Waals surface area (Å²) < 4.78 is 5.55. The summed E-state index contributed by atoms with van der Waals surface area (Å²) in [5, 5.41) is 3.80. The van der Waals surface area contributed by atoms with E-state index in [1.165, 1.54) is 27.7 Å². The van der Waals surface area contributed by atoms with Crippen molar-refractivity contribution in [2.24, 2.45) is 0 Å². The van der Waals surface area contributed by atoms with Crippen LogP contribution in [0.1, 0.15) is 29.8 Å². The molecule has 0 aliphatic carbocycles. The minimum Gasteiger partial charge on any atom is -0.494 e. The maximum atomic E-state index is 5.55. The van der Waals surface area contributed by atoms with Crippen molar-refractivity contribution in [2.75, 3.05) is 13.2 Å². The Bertz CT molecular complexity index is 789. The number of nitrogens with one attached hydrogen (secondary N) is 1. The number of aromatic amines is 1. The zero-order chi connectivity index (χ0) is 14.9. The molecule has 0 amide bonds. The van der Waals surface area contributed by atoms with Crippen LogP contribution in [0.4, 0.5) is 0 Å². The fraction of sp³-hybridized carbons (Fsp3) is 0.263. The van der Waals surface area contributed by atoms with Crippen molar-refractivity contribution < 1.29 is 10.1 Å². The lowest BCUT2D eigenvalue weighted by Crippen LogP contribution is -2.87. The van der Waals surface area contributed by atoms with Crippen LogP contribution in [-0.4, -0.2) is 18.1 Å². The van der Waals surface area contributed by atoms with E-state index in [1.807, 2.05) is 6.92 Å². The van der Waals surface area contributed by atoms with Gasteiger partial charge in [-0.15, -0.1) is 0 Å². The Morgan fingerprint density at radius 2 is 1.95 bits per heavy atom. The van der Waals surface area contributed by atoms with E-state index in [0.29, 0.717) is 12.6 Å². The monoisotopic (exact) mass is 293 g/mol. The van der Waals surface area contributed by atoms with Crippen LogP contribution in [0.5, 0.6) is 5.75 Å². The summed E-state index contributed by atoms with van der Waals surface area (Å²) >= 11 is 0. The number of quaternary nitrogens is 1. The van der Waals surface area contributed by atoms with Gasteiger partial charge >= 0.3 is 0 Å². The van der Waals surface area contributed by atoms with Gasteiger partial charge in [-0.05, 0) is 42.8 Å². The van der Waals surface area contributed by atoms with E-state index in [-0.39, 0.29) is 0 Å². The summed E-state index contributed by atoms with van der Waals surface area (Å²) in [7, 11) is 0. The van der Waals surface area contributed by atoms with Crippen molar-refractivity contribution in [1.29, 1.82) is 0 Å². The van der Waals surface area contributed by atoms with Gasteiger partial charge in [-0.3, -0.25) is 0 Å². The molecule has 0 radical (unpaired) electrons. The second kappa shape index (κ2) is 5.50. The Morgan fingerprint density at radius 3 is 2.77 bits per heavy atom. The quantitative estimate of drug-likeness (QED) is 0.766. The van der Waals surface area contributed by atoms with E-state index in [0.717, 1.165) is 18.7 Å². The van der Waals surface area contributed by atoms with Crippen molar-refractivity contribution in [3.05, 3.63) is 65.4 Å². The van der Waals surface area contributed by atoms with Gasteiger partial charge in [-0.1, -0.05) is 18.2 Å². The molecule has 3 nitrogen and oxygen atoms in total. The van der Waals surface area contributed by atoms with E-state index >= 15 is 0 Å². The highest BCUT2D eigenvalue weighted by molar-refractivity contribution is 5.85. The van der Waals surface area contributed by atoms with Gasteiger partial charge in [0.05, 0.1) is 18.8 Å². The molecule has 0 spiro atoms. The fourth-order valence-corrected chi connectivity index (χ4v) is 3.51. The molecule has 0 saturated heterocycles. The molecule has 1 aromatic heterocycles. The molecule has 2 aromatic carbocycles. The minimum absolute atomic E-state index is 0.354. The van der Waals surface area contributed by atoms with E-state index in [1.54, 1.807) is 0 Å². The molecule has 1 aliphatic heterocycles. The van der Waals surface area contributed by atoms with Crippen LogP contribution in [0, 0.1) is 0 Å². The number of fused-ring (bicyclic) bond motifs is 3. The Morgan fingerprint density at radius 1 is 1.14 bits per heavy atom. The van der Waals surface area contributed by atoms with Gasteiger partial charge < -0.3 is 15.0 Å².